The average molecular weight is 1290 g/mol. The van der Waals surface area contributed by atoms with Crippen molar-refractivity contribution >= 4 is 43.5 Å². The normalized spacial score (nSPS) is 18.2. The van der Waals surface area contributed by atoms with Crippen LogP contribution in [0.1, 0.15) is 317 Å². The molecule has 0 aromatic rings. The number of rotatable bonds is 61. The van der Waals surface area contributed by atoms with E-state index < -0.39 is 138 Å². The van der Waals surface area contributed by atoms with Gasteiger partial charge in [-0.15, -0.1) is 0 Å². The van der Waals surface area contributed by atoms with Crippen LogP contribution in [0.4, 0.5) is 0 Å². The van der Waals surface area contributed by atoms with E-state index in [1.165, 1.54) is 96.3 Å². The van der Waals surface area contributed by atoms with Gasteiger partial charge in [-0.2, -0.15) is 0 Å². The van der Waals surface area contributed by atoms with Crippen LogP contribution in [0.15, 0.2) is 0 Å². The summed E-state index contributed by atoms with van der Waals surface area (Å²) in [6.07, 6.45) is 29.7. The second kappa shape index (κ2) is 55.2. The second-order valence-corrected chi connectivity index (χ2v) is 26.2. The number of unbranched alkanes of at least 4 members (excludes halogenated alkanes) is 34. The van der Waals surface area contributed by atoms with Gasteiger partial charge in [-0.05, 0) is 32.1 Å². The van der Waals surface area contributed by atoms with Gasteiger partial charge >= 0.3 is 31.7 Å². The molecule has 0 aromatic heterocycles. The Morgan fingerprint density at radius 3 is 1.38 bits per heavy atom. The van der Waals surface area contributed by atoms with E-state index in [2.05, 4.69) is 42.9 Å². The zero-order chi connectivity index (χ0) is 65.8. The lowest BCUT2D eigenvalue weighted by Gasteiger charge is -2.44. The lowest BCUT2D eigenvalue weighted by Crippen LogP contribution is -2.66. The number of amides is 2. The predicted molar refractivity (Wildman–Crippen MR) is 343 cm³/mol. The van der Waals surface area contributed by atoms with E-state index in [0.29, 0.717) is 38.5 Å². The summed E-state index contributed by atoms with van der Waals surface area (Å²) < 4.78 is 45.3. The Kier molecular flexibility index (Phi) is 51.9. The van der Waals surface area contributed by atoms with Gasteiger partial charge in [0.1, 0.15) is 37.6 Å². The third kappa shape index (κ3) is 47.3. The van der Waals surface area contributed by atoms with Crippen LogP contribution in [0.2, 0.25) is 0 Å². The maximum absolute atomic E-state index is 13.9. The highest BCUT2D eigenvalue weighted by Crippen LogP contribution is 2.36. The number of esters is 3. The van der Waals surface area contributed by atoms with Gasteiger partial charge in [-0.3, -0.25) is 23.7 Å². The molecule has 0 aromatic carbocycles. The third-order valence-corrected chi connectivity index (χ3v) is 17.0. The molecule has 89 heavy (non-hydrogen) atoms. The standard InChI is InChI=1S/C67H125N2O19P/c1-5-9-13-17-21-25-26-30-34-38-42-46-61(76)86-55(45-41-37-33-29-24-20-16-12-8-4)49-59(73)68-56(50-85-89(80,81)82)66(79)83-51-57-64(78)65(88-62(77)48-54(71)44-40-36-32-28-23-19-15-11-7-3)63(67(87-57)84-52-60(74)75)69-58(72)47-53(70)43-39-35-31-27-22-18-14-10-6-2/h53-57,63-65,67,70-71,78H,5-52H2,1-4H3,(H,68,73)(H,69,72)(H,74,75)(H2,80,81,82)/t53-,54-,55-,56+,57-,63-,64-,65-,67+/m1/s1. The van der Waals surface area contributed by atoms with Crippen molar-refractivity contribution in [2.75, 3.05) is 19.8 Å². The number of aliphatic hydroxyl groups is 3. The molecule has 1 fully saturated rings. The van der Waals surface area contributed by atoms with Crippen molar-refractivity contribution in [3.63, 3.8) is 0 Å². The van der Waals surface area contributed by atoms with Crippen molar-refractivity contribution in [2.45, 2.75) is 372 Å². The zero-order valence-electron chi connectivity index (χ0n) is 55.6. The van der Waals surface area contributed by atoms with E-state index in [0.717, 1.165) is 122 Å². The molecule has 1 rings (SSSR count). The molecule has 522 valence electrons. The monoisotopic (exact) mass is 1290 g/mol. The fourth-order valence-corrected chi connectivity index (χ4v) is 11.6. The summed E-state index contributed by atoms with van der Waals surface area (Å²) in [7, 11) is -5.25. The fourth-order valence-electron chi connectivity index (χ4n) is 11.2. The van der Waals surface area contributed by atoms with Gasteiger partial charge in [0, 0.05) is 6.42 Å². The number of carboxylic acids is 1. The summed E-state index contributed by atoms with van der Waals surface area (Å²) in [5.41, 5.74) is 0. The largest absolute Gasteiger partial charge is 0.480 e. The highest BCUT2D eigenvalue weighted by Gasteiger charge is 2.50. The Hall–Kier alpha value is -3.27. The smallest absolute Gasteiger partial charge is 0.469 e. The van der Waals surface area contributed by atoms with E-state index in [1.807, 2.05) is 0 Å². The molecule has 0 saturated carbocycles. The topological polar surface area (TPSA) is 320 Å². The number of carbonyl (C=O) groups excluding carboxylic acids is 5. The van der Waals surface area contributed by atoms with Gasteiger partial charge in [0.25, 0.3) is 0 Å². The molecule has 9 atom stereocenters. The number of hydrogen-bond acceptors (Lipinski definition) is 16. The van der Waals surface area contributed by atoms with Crippen molar-refractivity contribution in [1.82, 2.24) is 10.6 Å². The minimum absolute atomic E-state index is 0.159. The summed E-state index contributed by atoms with van der Waals surface area (Å²) in [5.74, 6) is -5.85. The van der Waals surface area contributed by atoms with Crippen molar-refractivity contribution in [2.24, 2.45) is 0 Å². The number of aliphatic carboxylic acids is 1. The molecule has 22 heteroatoms. The highest BCUT2D eigenvalue weighted by atomic mass is 31.2. The molecule has 0 radical (unpaired) electrons. The molecule has 1 saturated heterocycles. The van der Waals surface area contributed by atoms with Gasteiger partial charge in [0.15, 0.2) is 18.4 Å². The molecule has 1 aliphatic rings. The molecule has 8 N–H and O–H groups in total. The van der Waals surface area contributed by atoms with Gasteiger partial charge in [-0.25, -0.2) is 14.2 Å². The van der Waals surface area contributed by atoms with Crippen LogP contribution in [0.25, 0.3) is 0 Å². The highest BCUT2D eigenvalue weighted by molar-refractivity contribution is 7.46. The maximum atomic E-state index is 13.9. The van der Waals surface area contributed by atoms with Crippen molar-refractivity contribution in [1.29, 1.82) is 0 Å². The third-order valence-electron chi connectivity index (χ3n) is 16.5. The van der Waals surface area contributed by atoms with Gasteiger partial charge in [0.05, 0.1) is 38.1 Å². The summed E-state index contributed by atoms with van der Waals surface area (Å²) in [5, 5.41) is 48.4. The average Bonchev–Trinajstić information content (AvgIpc) is 3.51. The quantitative estimate of drug-likeness (QED) is 0.0121. The minimum Gasteiger partial charge on any atom is -0.480 e. The number of aliphatic hydroxyl groups excluding tert-OH is 3. The van der Waals surface area contributed by atoms with Gasteiger partial charge in [0.2, 0.25) is 11.8 Å². The van der Waals surface area contributed by atoms with Gasteiger partial charge < -0.3 is 64.5 Å². The number of carbonyl (C=O) groups is 6. The Labute approximate surface area is 535 Å². The number of carboxylic acid groups (broad SMARTS) is 1. The summed E-state index contributed by atoms with van der Waals surface area (Å²) >= 11 is 0. The van der Waals surface area contributed by atoms with E-state index in [9.17, 15) is 63.5 Å². The van der Waals surface area contributed by atoms with Gasteiger partial charge in [-0.1, -0.05) is 259 Å². The van der Waals surface area contributed by atoms with E-state index in [4.69, 9.17) is 23.7 Å². The zero-order valence-corrected chi connectivity index (χ0v) is 56.5. The number of nitrogens with one attached hydrogen (secondary N) is 2. The van der Waals surface area contributed by atoms with E-state index in [1.54, 1.807) is 0 Å². The molecule has 0 unspecified atom stereocenters. The molecule has 1 aliphatic heterocycles. The molecule has 0 bridgehead atoms. The summed E-state index contributed by atoms with van der Waals surface area (Å²) in [4.78, 5) is 99.4. The van der Waals surface area contributed by atoms with Crippen molar-refractivity contribution in [3.05, 3.63) is 0 Å². The van der Waals surface area contributed by atoms with Crippen LogP contribution in [-0.2, 0) is 61.5 Å². The van der Waals surface area contributed by atoms with Crippen LogP contribution in [0.5, 0.6) is 0 Å². The summed E-state index contributed by atoms with van der Waals surface area (Å²) in [6.45, 7) is 5.69. The molecule has 0 spiro atoms. The first-order valence-corrected chi connectivity index (χ1v) is 36.7. The number of ether oxygens (including phenoxy) is 5. The first-order chi connectivity index (χ1) is 42.8. The van der Waals surface area contributed by atoms with E-state index >= 15 is 0 Å². The molecule has 0 aliphatic carbocycles. The Morgan fingerprint density at radius 2 is 0.944 bits per heavy atom. The summed E-state index contributed by atoms with van der Waals surface area (Å²) in [6, 6.07) is -3.49. The Bertz CT molecular complexity index is 1860. The molecule has 2 amide bonds. The first kappa shape index (κ1) is 83.7. The maximum Gasteiger partial charge on any atom is 0.469 e. The van der Waals surface area contributed by atoms with Crippen LogP contribution in [0, 0.1) is 0 Å². The molecule has 21 nitrogen and oxygen atoms in total. The molecular formula is C67H125N2O19P. The lowest BCUT2D eigenvalue weighted by atomic mass is 9.95. The molecule has 1 heterocycles. The van der Waals surface area contributed by atoms with Crippen LogP contribution < -0.4 is 10.6 Å². The lowest BCUT2D eigenvalue weighted by molar-refractivity contribution is -0.274. The predicted octanol–water partition coefficient (Wildman–Crippen LogP) is 13.0. The van der Waals surface area contributed by atoms with Crippen LogP contribution in [0.3, 0.4) is 0 Å². The number of phosphoric acid groups is 1. The van der Waals surface area contributed by atoms with Crippen LogP contribution >= 0.6 is 7.82 Å². The SMILES string of the molecule is CCCCCCCCCCCCCC(=O)O[C@H](CCCCCCCCCCC)CC(=O)N[C@@H](COP(=O)(O)O)C(=O)OC[C@H]1O[C@H](OCC(=O)O)[C@H](NC(=O)C[C@H](O)CCCCCCCCCCC)[C@@H](OC(=O)C[C@H](O)CCCCCCCCCCC)[C@@H]1O. The first-order valence-electron chi connectivity index (χ1n) is 35.2. The number of hydrogen-bond donors (Lipinski definition) is 8. The van der Waals surface area contributed by atoms with E-state index in [-0.39, 0.29) is 12.8 Å². The minimum atomic E-state index is -5.25. The second-order valence-electron chi connectivity index (χ2n) is 25.0. The Balaban J connectivity index is 3.31. The van der Waals surface area contributed by atoms with Crippen molar-refractivity contribution < 1.29 is 91.8 Å². The fraction of sp³-hybridized carbons (Fsp3) is 0.910. The number of phosphoric ester groups is 1. The Morgan fingerprint density at radius 1 is 0.528 bits per heavy atom. The molecular weight excluding hydrogens is 1170 g/mol. The van der Waals surface area contributed by atoms with Crippen molar-refractivity contribution in [3.8, 4) is 0 Å². The van der Waals surface area contributed by atoms with Crippen LogP contribution in [-0.4, -0.2) is 141 Å².